The summed E-state index contributed by atoms with van der Waals surface area (Å²) in [6.07, 6.45) is 6.75. The molecule has 1 aromatic rings. The number of nitrogens with one attached hydrogen (secondary N) is 3. The SMILES string of the molecule is Cc1ccc(SCC(=O)NNC(=O)CNC(=O)C23CC4CC(CC(C4)C2)C3)cc1. The minimum Gasteiger partial charge on any atom is -0.346 e. The highest BCUT2D eigenvalue weighted by Gasteiger charge is 2.54. The van der Waals surface area contributed by atoms with E-state index in [1.165, 1.54) is 36.6 Å². The summed E-state index contributed by atoms with van der Waals surface area (Å²) in [5.41, 5.74) is 5.71. The maximum Gasteiger partial charge on any atom is 0.257 e. The van der Waals surface area contributed by atoms with Gasteiger partial charge in [0, 0.05) is 10.3 Å². The minimum absolute atomic E-state index is 0.0213. The molecular formula is C22H29N3O3S. The molecule has 0 heterocycles. The van der Waals surface area contributed by atoms with Gasteiger partial charge in [-0.2, -0.15) is 0 Å². The van der Waals surface area contributed by atoms with Crippen LogP contribution in [0.25, 0.3) is 0 Å². The summed E-state index contributed by atoms with van der Waals surface area (Å²) in [4.78, 5) is 37.8. The molecule has 4 aliphatic rings. The molecular weight excluding hydrogens is 386 g/mol. The molecule has 0 atom stereocenters. The van der Waals surface area contributed by atoms with Crippen molar-refractivity contribution in [2.24, 2.45) is 23.2 Å². The molecule has 5 rings (SSSR count). The molecule has 4 saturated carbocycles. The number of rotatable bonds is 6. The maximum atomic E-state index is 12.8. The molecule has 1 aromatic carbocycles. The topological polar surface area (TPSA) is 87.3 Å². The van der Waals surface area contributed by atoms with E-state index in [4.69, 9.17) is 0 Å². The van der Waals surface area contributed by atoms with Crippen LogP contribution in [0.4, 0.5) is 0 Å². The zero-order chi connectivity index (χ0) is 20.4. The number of benzene rings is 1. The van der Waals surface area contributed by atoms with Crippen molar-refractivity contribution in [1.82, 2.24) is 16.2 Å². The Hall–Kier alpha value is -2.02. The molecule has 0 saturated heterocycles. The van der Waals surface area contributed by atoms with Crippen LogP contribution in [0.5, 0.6) is 0 Å². The molecule has 0 unspecified atom stereocenters. The van der Waals surface area contributed by atoms with Crippen LogP contribution in [-0.4, -0.2) is 30.0 Å². The molecule has 156 valence electrons. The van der Waals surface area contributed by atoms with Crippen molar-refractivity contribution in [2.75, 3.05) is 12.3 Å². The molecule has 0 radical (unpaired) electrons. The van der Waals surface area contributed by atoms with Gasteiger partial charge in [0.25, 0.3) is 5.91 Å². The zero-order valence-electron chi connectivity index (χ0n) is 16.8. The van der Waals surface area contributed by atoms with Gasteiger partial charge in [0.1, 0.15) is 0 Å². The lowest BCUT2D eigenvalue weighted by Gasteiger charge is -2.55. The van der Waals surface area contributed by atoms with Gasteiger partial charge in [-0.3, -0.25) is 25.2 Å². The minimum atomic E-state index is -0.406. The lowest BCUT2D eigenvalue weighted by molar-refractivity contribution is -0.147. The first kappa shape index (κ1) is 20.3. The third-order valence-corrected chi connectivity index (χ3v) is 7.67. The summed E-state index contributed by atoms with van der Waals surface area (Å²) in [7, 11) is 0. The van der Waals surface area contributed by atoms with E-state index in [9.17, 15) is 14.4 Å². The van der Waals surface area contributed by atoms with Gasteiger partial charge < -0.3 is 5.32 Å². The highest BCUT2D eigenvalue weighted by molar-refractivity contribution is 8.00. The van der Waals surface area contributed by atoms with Crippen molar-refractivity contribution in [3.8, 4) is 0 Å². The Labute approximate surface area is 175 Å². The number of hydrogen-bond donors (Lipinski definition) is 3. The summed E-state index contributed by atoms with van der Waals surface area (Å²) in [6.45, 7) is 1.91. The van der Waals surface area contributed by atoms with Crippen LogP contribution in [-0.2, 0) is 14.4 Å². The molecule has 4 bridgehead atoms. The number of aryl methyl sites for hydroxylation is 1. The number of carbonyl (C=O) groups excluding carboxylic acids is 3. The van der Waals surface area contributed by atoms with Gasteiger partial charge in [0.15, 0.2) is 0 Å². The Morgan fingerprint density at radius 2 is 1.48 bits per heavy atom. The van der Waals surface area contributed by atoms with Gasteiger partial charge in [-0.05, 0) is 75.3 Å². The number of amides is 3. The Kier molecular flexibility index (Phi) is 5.86. The van der Waals surface area contributed by atoms with Crippen LogP contribution in [0, 0.1) is 30.1 Å². The van der Waals surface area contributed by atoms with Gasteiger partial charge in [-0.1, -0.05) is 17.7 Å². The quantitative estimate of drug-likeness (QED) is 0.492. The van der Waals surface area contributed by atoms with Crippen molar-refractivity contribution < 1.29 is 14.4 Å². The summed E-state index contributed by atoms with van der Waals surface area (Å²) in [6, 6.07) is 7.92. The van der Waals surface area contributed by atoms with E-state index in [0.717, 1.165) is 24.2 Å². The van der Waals surface area contributed by atoms with Crippen molar-refractivity contribution in [3.05, 3.63) is 29.8 Å². The number of thioether (sulfide) groups is 1. The fourth-order valence-corrected chi connectivity index (χ4v) is 6.44. The van der Waals surface area contributed by atoms with Crippen LogP contribution in [0.2, 0.25) is 0 Å². The average Bonchev–Trinajstić information content (AvgIpc) is 2.69. The Morgan fingerprint density at radius 1 is 0.931 bits per heavy atom. The molecule has 29 heavy (non-hydrogen) atoms. The molecule has 7 heteroatoms. The third-order valence-electron chi connectivity index (χ3n) is 6.66. The van der Waals surface area contributed by atoms with Gasteiger partial charge in [0.2, 0.25) is 11.8 Å². The van der Waals surface area contributed by atoms with Crippen LogP contribution < -0.4 is 16.2 Å². The van der Waals surface area contributed by atoms with Crippen molar-refractivity contribution >= 4 is 29.5 Å². The number of carbonyl (C=O) groups is 3. The standard InChI is InChI=1S/C22H29N3O3S/c1-14-2-4-18(5-3-14)29-13-20(27)25-24-19(26)12-23-21(28)22-9-15-6-16(10-22)8-17(7-15)11-22/h2-5,15-17H,6-13H2,1H3,(H,23,28)(H,24,26)(H,25,27). The van der Waals surface area contributed by atoms with Gasteiger partial charge in [-0.15, -0.1) is 11.8 Å². The van der Waals surface area contributed by atoms with E-state index in [1.54, 1.807) is 0 Å². The Balaban J connectivity index is 1.17. The Morgan fingerprint density at radius 3 is 2.07 bits per heavy atom. The fraction of sp³-hybridized carbons (Fsp3) is 0.591. The molecule has 4 fully saturated rings. The normalized spacial score (nSPS) is 29.3. The second kappa shape index (κ2) is 8.38. The molecule has 6 nitrogen and oxygen atoms in total. The first-order chi connectivity index (χ1) is 13.9. The lowest BCUT2D eigenvalue weighted by atomic mass is 9.49. The van der Waals surface area contributed by atoms with Crippen molar-refractivity contribution in [2.45, 2.75) is 50.3 Å². The smallest absolute Gasteiger partial charge is 0.257 e. The zero-order valence-corrected chi connectivity index (χ0v) is 17.6. The largest absolute Gasteiger partial charge is 0.346 e. The summed E-state index contributed by atoms with van der Waals surface area (Å²) < 4.78 is 0. The highest BCUT2D eigenvalue weighted by Crippen LogP contribution is 2.60. The fourth-order valence-electron chi connectivity index (χ4n) is 5.74. The molecule has 0 spiro atoms. The van der Waals surface area contributed by atoms with Gasteiger partial charge in [-0.25, -0.2) is 0 Å². The Bertz CT molecular complexity index is 758. The third kappa shape index (κ3) is 4.77. The summed E-state index contributed by atoms with van der Waals surface area (Å²) >= 11 is 1.41. The van der Waals surface area contributed by atoms with Crippen molar-refractivity contribution in [3.63, 3.8) is 0 Å². The molecule has 0 aliphatic heterocycles. The van der Waals surface area contributed by atoms with E-state index in [1.807, 2.05) is 31.2 Å². The van der Waals surface area contributed by atoms with Gasteiger partial charge >= 0.3 is 0 Å². The van der Waals surface area contributed by atoms with E-state index < -0.39 is 5.91 Å². The van der Waals surface area contributed by atoms with Crippen LogP contribution in [0.1, 0.15) is 44.1 Å². The number of hydrazine groups is 1. The molecule has 4 aliphatic carbocycles. The predicted octanol–water partition coefficient (Wildman–Crippen LogP) is 2.57. The van der Waals surface area contributed by atoms with Crippen LogP contribution in [0.15, 0.2) is 29.2 Å². The highest BCUT2D eigenvalue weighted by atomic mass is 32.2. The van der Waals surface area contributed by atoms with Crippen LogP contribution >= 0.6 is 11.8 Å². The van der Waals surface area contributed by atoms with Gasteiger partial charge in [0.05, 0.1) is 12.3 Å². The van der Waals surface area contributed by atoms with Crippen molar-refractivity contribution in [1.29, 1.82) is 0 Å². The van der Waals surface area contributed by atoms with E-state index in [2.05, 4.69) is 16.2 Å². The van der Waals surface area contributed by atoms with E-state index in [0.29, 0.717) is 17.8 Å². The molecule has 0 aromatic heterocycles. The lowest BCUT2D eigenvalue weighted by Crippen LogP contribution is -2.55. The first-order valence-electron chi connectivity index (χ1n) is 10.5. The second-order valence-electron chi connectivity index (χ2n) is 9.08. The average molecular weight is 416 g/mol. The van der Waals surface area contributed by atoms with Crippen LogP contribution in [0.3, 0.4) is 0 Å². The van der Waals surface area contributed by atoms with E-state index >= 15 is 0 Å². The summed E-state index contributed by atoms with van der Waals surface area (Å²) in [5.74, 6) is 1.60. The molecule has 3 N–H and O–H groups in total. The predicted molar refractivity (Wildman–Crippen MR) is 112 cm³/mol. The first-order valence-corrected chi connectivity index (χ1v) is 11.5. The van der Waals surface area contributed by atoms with E-state index in [-0.39, 0.29) is 29.5 Å². The monoisotopic (exact) mass is 415 g/mol. The second-order valence-corrected chi connectivity index (χ2v) is 10.1. The maximum absolute atomic E-state index is 12.8. The summed E-state index contributed by atoms with van der Waals surface area (Å²) in [5, 5.41) is 2.82. The number of hydrogen-bond acceptors (Lipinski definition) is 4. The molecule has 3 amide bonds.